The van der Waals surface area contributed by atoms with Crippen LogP contribution in [0.5, 0.6) is 11.5 Å². The smallest absolute Gasteiger partial charge is 0.262 e. The number of nitrogens with zero attached hydrogens (tertiary/aromatic N) is 1. The average Bonchev–Trinajstić information content (AvgIpc) is 3.05. The summed E-state index contributed by atoms with van der Waals surface area (Å²) in [5.74, 6) is 0.338. The number of benzene rings is 1. The Balaban J connectivity index is 2.13. The molecule has 2 aromatic rings. The van der Waals surface area contributed by atoms with Crippen molar-refractivity contribution in [2.24, 2.45) is 0 Å². The lowest BCUT2D eigenvalue weighted by atomic mass is 10.1. The molecule has 0 aliphatic rings. The summed E-state index contributed by atoms with van der Waals surface area (Å²) in [6.07, 6.45) is 2.92. The van der Waals surface area contributed by atoms with E-state index in [0.717, 1.165) is 0 Å². The van der Waals surface area contributed by atoms with Crippen LogP contribution in [0, 0.1) is 11.3 Å². The normalized spacial score (nSPS) is 10.8. The lowest BCUT2D eigenvalue weighted by Crippen LogP contribution is -2.23. The number of amides is 1. The van der Waals surface area contributed by atoms with Crippen LogP contribution in [0.15, 0.2) is 46.6 Å². The van der Waals surface area contributed by atoms with Gasteiger partial charge in [0, 0.05) is 0 Å². The molecule has 2 N–H and O–H groups in total. The number of carbonyl (C=O) groups is 1. The van der Waals surface area contributed by atoms with E-state index in [9.17, 15) is 9.90 Å². The predicted molar refractivity (Wildman–Crippen MR) is 78.8 cm³/mol. The van der Waals surface area contributed by atoms with Crippen molar-refractivity contribution >= 4 is 12.0 Å². The summed E-state index contributed by atoms with van der Waals surface area (Å²) in [6.45, 7) is 0.198. The van der Waals surface area contributed by atoms with Gasteiger partial charge in [0.2, 0.25) is 0 Å². The van der Waals surface area contributed by atoms with Crippen molar-refractivity contribution in [1.29, 1.82) is 5.26 Å². The molecule has 6 heteroatoms. The molecule has 0 saturated heterocycles. The summed E-state index contributed by atoms with van der Waals surface area (Å²) in [5, 5.41) is 21.2. The van der Waals surface area contributed by atoms with E-state index in [1.54, 1.807) is 18.2 Å². The fourth-order valence-corrected chi connectivity index (χ4v) is 1.78. The number of nitriles is 1. The summed E-state index contributed by atoms with van der Waals surface area (Å²) in [7, 11) is 1.42. The van der Waals surface area contributed by atoms with Crippen LogP contribution in [0.1, 0.15) is 11.3 Å². The van der Waals surface area contributed by atoms with Gasteiger partial charge in [0.25, 0.3) is 5.91 Å². The van der Waals surface area contributed by atoms with E-state index in [4.69, 9.17) is 14.4 Å². The molecule has 1 aromatic carbocycles. The maximum absolute atomic E-state index is 12.0. The number of rotatable bonds is 5. The van der Waals surface area contributed by atoms with E-state index in [1.165, 1.54) is 31.6 Å². The quantitative estimate of drug-likeness (QED) is 0.652. The van der Waals surface area contributed by atoms with Crippen molar-refractivity contribution in [3.63, 3.8) is 0 Å². The molecule has 1 heterocycles. The van der Waals surface area contributed by atoms with Gasteiger partial charge in [-0.15, -0.1) is 0 Å². The minimum Gasteiger partial charge on any atom is -0.504 e. The highest BCUT2D eigenvalue weighted by atomic mass is 16.5. The summed E-state index contributed by atoms with van der Waals surface area (Å²) in [6, 6.07) is 9.83. The Morgan fingerprint density at radius 2 is 2.32 bits per heavy atom. The number of methoxy groups -OCH3 is 1. The first kappa shape index (κ1) is 15.2. The van der Waals surface area contributed by atoms with E-state index in [-0.39, 0.29) is 23.6 Å². The van der Waals surface area contributed by atoms with Gasteiger partial charge >= 0.3 is 0 Å². The number of aromatic hydroxyl groups is 1. The maximum Gasteiger partial charge on any atom is 0.262 e. The zero-order valence-corrected chi connectivity index (χ0v) is 11.9. The zero-order valence-electron chi connectivity index (χ0n) is 11.9. The van der Waals surface area contributed by atoms with Crippen molar-refractivity contribution in [3.05, 3.63) is 53.5 Å². The van der Waals surface area contributed by atoms with Gasteiger partial charge in [-0.05, 0) is 35.9 Å². The Morgan fingerprint density at radius 1 is 1.50 bits per heavy atom. The van der Waals surface area contributed by atoms with Crippen LogP contribution in [0.3, 0.4) is 0 Å². The number of hydrogen-bond donors (Lipinski definition) is 2. The molecule has 1 aromatic heterocycles. The minimum atomic E-state index is -0.508. The molecule has 1 amide bonds. The van der Waals surface area contributed by atoms with Crippen LogP contribution in [-0.2, 0) is 11.3 Å². The summed E-state index contributed by atoms with van der Waals surface area (Å²) in [4.78, 5) is 12.0. The largest absolute Gasteiger partial charge is 0.504 e. The Bertz CT molecular complexity index is 727. The topological polar surface area (TPSA) is 95.5 Å². The average molecular weight is 298 g/mol. The van der Waals surface area contributed by atoms with Crippen LogP contribution in [0.2, 0.25) is 0 Å². The molecule has 0 aliphatic heterocycles. The lowest BCUT2D eigenvalue weighted by Gasteiger charge is -2.05. The number of carbonyl (C=O) groups excluding carboxylic acids is 1. The third-order valence-electron chi connectivity index (χ3n) is 2.88. The fourth-order valence-electron chi connectivity index (χ4n) is 1.78. The molecule has 0 saturated carbocycles. The molecule has 0 radical (unpaired) electrons. The molecule has 6 nitrogen and oxygen atoms in total. The predicted octanol–water partition coefficient (Wildman–Crippen LogP) is 2.22. The van der Waals surface area contributed by atoms with Gasteiger partial charge in [0.1, 0.15) is 17.4 Å². The van der Waals surface area contributed by atoms with E-state index < -0.39 is 5.91 Å². The highest BCUT2D eigenvalue weighted by Gasteiger charge is 2.10. The number of hydrogen-bond acceptors (Lipinski definition) is 5. The van der Waals surface area contributed by atoms with Crippen molar-refractivity contribution < 1.29 is 19.1 Å². The van der Waals surface area contributed by atoms with Crippen molar-refractivity contribution in [2.75, 3.05) is 7.11 Å². The fraction of sp³-hybridized carbons (Fsp3) is 0.125. The van der Waals surface area contributed by atoms with Crippen LogP contribution in [-0.4, -0.2) is 18.1 Å². The molecular formula is C16H14N2O4. The van der Waals surface area contributed by atoms with Gasteiger partial charge in [-0.1, -0.05) is 6.07 Å². The number of nitrogens with one attached hydrogen (secondary N) is 1. The standard InChI is InChI=1S/C16H14N2O4/c1-21-15-8-11(4-5-14(15)19)7-12(9-17)16(20)18-10-13-3-2-6-22-13/h2-8,19H,10H2,1H3,(H,18,20)/b12-7+. The second-order valence-electron chi connectivity index (χ2n) is 4.36. The molecule has 0 aliphatic carbocycles. The molecule has 0 spiro atoms. The Kier molecular flexibility index (Phi) is 4.83. The van der Waals surface area contributed by atoms with E-state index >= 15 is 0 Å². The number of phenolic OH excluding ortho intramolecular Hbond substituents is 1. The highest BCUT2D eigenvalue weighted by Crippen LogP contribution is 2.27. The zero-order chi connectivity index (χ0) is 15.9. The minimum absolute atomic E-state index is 0.0135. The van der Waals surface area contributed by atoms with Gasteiger partial charge in [0.05, 0.1) is 19.9 Å². The number of ether oxygens (including phenoxy) is 1. The Labute approximate surface area is 127 Å². The second kappa shape index (κ2) is 6.99. The van der Waals surface area contributed by atoms with Gasteiger partial charge < -0.3 is 19.6 Å². The van der Waals surface area contributed by atoms with Gasteiger partial charge in [-0.2, -0.15) is 5.26 Å². The van der Waals surface area contributed by atoms with E-state index in [0.29, 0.717) is 11.3 Å². The molecule has 0 atom stereocenters. The molecule has 0 fully saturated rings. The second-order valence-corrected chi connectivity index (χ2v) is 4.36. The molecule has 112 valence electrons. The molecular weight excluding hydrogens is 284 g/mol. The van der Waals surface area contributed by atoms with Crippen LogP contribution in [0.25, 0.3) is 6.08 Å². The summed E-state index contributed by atoms with van der Waals surface area (Å²) >= 11 is 0. The summed E-state index contributed by atoms with van der Waals surface area (Å²) in [5.41, 5.74) is 0.513. The SMILES string of the molecule is COc1cc(/C=C(\C#N)C(=O)NCc2ccco2)ccc1O. The van der Waals surface area contributed by atoms with Gasteiger partial charge in [-0.3, -0.25) is 4.79 Å². The van der Waals surface area contributed by atoms with Crippen LogP contribution < -0.4 is 10.1 Å². The number of phenols is 1. The van der Waals surface area contributed by atoms with E-state index in [2.05, 4.69) is 5.32 Å². The maximum atomic E-state index is 12.0. The third-order valence-corrected chi connectivity index (χ3v) is 2.88. The first-order valence-corrected chi connectivity index (χ1v) is 6.43. The van der Waals surface area contributed by atoms with Crippen molar-refractivity contribution in [1.82, 2.24) is 5.32 Å². The van der Waals surface area contributed by atoms with Crippen molar-refractivity contribution in [3.8, 4) is 17.6 Å². The molecule has 0 unspecified atom stereocenters. The Morgan fingerprint density at radius 3 is 2.95 bits per heavy atom. The first-order chi connectivity index (χ1) is 10.6. The van der Waals surface area contributed by atoms with Gasteiger partial charge in [-0.25, -0.2) is 0 Å². The first-order valence-electron chi connectivity index (χ1n) is 6.43. The monoisotopic (exact) mass is 298 g/mol. The summed E-state index contributed by atoms with van der Waals surface area (Å²) < 4.78 is 10.1. The van der Waals surface area contributed by atoms with Crippen molar-refractivity contribution in [2.45, 2.75) is 6.54 Å². The number of furan rings is 1. The van der Waals surface area contributed by atoms with Gasteiger partial charge in [0.15, 0.2) is 11.5 Å². The highest BCUT2D eigenvalue weighted by molar-refractivity contribution is 6.01. The third kappa shape index (κ3) is 3.67. The lowest BCUT2D eigenvalue weighted by molar-refractivity contribution is -0.117. The van der Waals surface area contributed by atoms with E-state index in [1.807, 2.05) is 6.07 Å². The molecule has 2 rings (SSSR count). The van der Waals surface area contributed by atoms with Crippen LogP contribution >= 0.6 is 0 Å². The molecule has 0 bridgehead atoms. The Hall–Kier alpha value is -3.20. The van der Waals surface area contributed by atoms with Crippen LogP contribution in [0.4, 0.5) is 0 Å². The molecule has 22 heavy (non-hydrogen) atoms.